The SMILES string of the molecule is COCCCN1CCOc2ccc(CO[C@H]3CN(C(=O)OC(C)(C)C)[C@@H](C[C@H](C)OS(C)(=O)=O)C[C@@H]3c3ccc(COCCOC)cc3)cc21. The highest BCUT2D eigenvalue weighted by atomic mass is 32.2. The number of nitrogens with zero attached hydrogens (tertiary/aromatic N) is 2. The highest BCUT2D eigenvalue weighted by molar-refractivity contribution is 7.86. The number of piperidine rings is 1. The standard InChI is InChI=1S/C37H56N2O10S/c1-27(49-50(7,41)42)21-31-23-32(30-12-9-28(10-13-30)25-45-20-19-44-6)35(24-39(31)36(40)48-37(2,3)4)47-26-29-11-14-34-33(22-29)38(16-18-46-34)15-8-17-43-5/h9-14,22,27,31-32,35H,8,15-21,23-26H2,1-7H3/t27-,31-,32+,35-/m0/s1. The first kappa shape index (κ1) is 39.8. The van der Waals surface area contributed by atoms with Gasteiger partial charge in [0, 0.05) is 39.3 Å². The van der Waals surface area contributed by atoms with Gasteiger partial charge in [0.25, 0.3) is 10.1 Å². The number of likely N-dealkylation sites (tertiary alicyclic amines) is 1. The molecule has 4 rings (SSSR count). The minimum atomic E-state index is -3.69. The number of hydrogen-bond donors (Lipinski definition) is 0. The van der Waals surface area contributed by atoms with Crippen molar-refractivity contribution in [2.75, 3.05) is 71.4 Å². The summed E-state index contributed by atoms with van der Waals surface area (Å²) in [6.07, 6.45) is 1.29. The quantitative estimate of drug-likeness (QED) is 0.152. The Kier molecular flexibility index (Phi) is 14.8. The Balaban J connectivity index is 1.60. The third-order valence-corrected chi connectivity index (χ3v) is 9.37. The fraction of sp³-hybridized carbons (Fsp3) is 0.649. The third-order valence-electron chi connectivity index (χ3n) is 8.70. The second kappa shape index (κ2) is 18.5. The van der Waals surface area contributed by atoms with E-state index in [0.717, 1.165) is 53.9 Å². The van der Waals surface area contributed by atoms with Crippen LogP contribution in [0.15, 0.2) is 42.5 Å². The van der Waals surface area contributed by atoms with Crippen molar-refractivity contribution < 1.29 is 45.8 Å². The van der Waals surface area contributed by atoms with Gasteiger partial charge < -0.3 is 38.2 Å². The molecule has 1 amide bonds. The summed E-state index contributed by atoms with van der Waals surface area (Å²) in [4.78, 5) is 17.7. The van der Waals surface area contributed by atoms with Crippen molar-refractivity contribution in [1.29, 1.82) is 0 Å². The molecule has 2 aliphatic heterocycles. The minimum absolute atomic E-state index is 0.0981. The summed E-state index contributed by atoms with van der Waals surface area (Å²) in [5.41, 5.74) is 3.41. The van der Waals surface area contributed by atoms with Crippen molar-refractivity contribution >= 4 is 21.9 Å². The molecule has 2 aromatic rings. The molecule has 0 saturated carbocycles. The Morgan fingerprint density at radius 2 is 1.72 bits per heavy atom. The van der Waals surface area contributed by atoms with Gasteiger partial charge in [-0.25, -0.2) is 4.79 Å². The Morgan fingerprint density at radius 1 is 1.00 bits per heavy atom. The fourth-order valence-corrected chi connectivity index (χ4v) is 7.16. The number of fused-ring (bicyclic) bond motifs is 1. The van der Waals surface area contributed by atoms with Crippen LogP contribution in [0.3, 0.4) is 0 Å². The van der Waals surface area contributed by atoms with Gasteiger partial charge >= 0.3 is 6.09 Å². The normalized spacial score (nSPS) is 20.3. The zero-order valence-corrected chi connectivity index (χ0v) is 31.5. The zero-order chi connectivity index (χ0) is 36.3. The average Bonchev–Trinajstić information content (AvgIpc) is 3.04. The van der Waals surface area contributed by atoms with Gasteiger partial charge in [-0.3, -0.25) is 4.18 Å². The highest BCUT2D eigenvalue weighted by Gasteiger charge is 2.41. The van der Waals surface area contributed by atoms with Crippen molar-refractivity contribution in [1.82, 2.24) is 4.90 Å². The first-order chi connectivity index (χ1) is 23.8. The molecule has 0 unspecified atom stereocenters. The van der Waals surface area contributed by atoms with Crippen molar-refractivity contribution in [2.24, 2.45) is 0 Å². The van der Waals surface area contributed by atoms with E-state index in [1.165, 1.54) is 0 Å². The van der Waals surface area contributed by atoms with Crippen LogP contribution in [-0.2, 0) is 51.2 Å². The number of carbonyl (C=O) groups excluding carboxylic acids is 1. The lowest BCUT2D eigenvalue weighted by molar-refractivity contribution is -0.0568. The molecule has 1 fully saturated rings. The summed E-state index contributed by atoms with van der Waals surface area (Å²) in [6.45, 7) is 12.3. The van der Waals surface area contributed by atoms with E-state index in [4.69, 9.17) is 32.6 Å². The first-order valence-electron chi connectivity index (χ1n) is 17.4. The van der Waals surface area contributed by atoms with Crippen LogP contribution in [0, 0.1) is 0 Å². The molecule has 0 aromatic heterocycles. The van der Waals surface area contributed by atoms with Gasteiger partial charge in [0.05, 0.1) is 63.7 Å². The lowest BCUT2D eigenvalue weighted by Crippen LogP contribution is -2.54. The molecule has 2 heterocycles. The number of carbonyl (C=O) groups is 1. The molecule has 0 N–H and O–H groups in total. The Bertz CT molecular complexity index is 1460. The van der Waals surface area contributed by atoms with Crippen LogP contribution in [0.25, 0.3) is 0 Å². The third kappa shape index (κ3) is 12.4. The van der Waals surface area contributed by atoms with Crippen LogP contribution in [-0.4, -0.2) is 110 Å². The number of ether oxygens (including phenoxy) is 6. The summed E-state index contributed by atoms with van der Waals surface area (Å²) in [5, 5.41) is 0. The number of hydrogen-bond acceptors (Lipinski definition) is 11. The number of methoxy groups -OCH3 is 2. The second-order valence-corrected chi connectivity index (χ2v) is 15.7. The molecule has 4 atom stereocenters. The van der Waals surface area contributed by atoms with Crippen LogP contribution < -0.4 is 9.64 Å². The number of rotatable bonds is 17. The average molecular weight is 721 g/mol. The fourth-order valence-electron chi connectivity index (χ4n) is 6.49. The monoisotopic (exact) mass is 720 g/mol. The van der Waals surface area contributed by atoms with Crippen molar-refractivity contribution in [3.8, 4) is 5.75 Å². The van der Waals surface area contributed by atoms with Gasteiger partial charge in [-0.1, -0.05) is 30.3 Å². The summed E-state index contributed by atoms with van der Waals surface area (Å²) in [7, 11) is -0.331. The summed E-state index contributed by atoms with van der Waals surface area (Å²) in [5.74, 6) is 0.753. The molecule has 0 radical (unpaired) electrons. The van der Waals surface area contributed by atoms with Crippen molar-refractivity contribution in [3.63, 3.8) is 0 Å². The van der Waals surface area contributed by atoms with E-state index in [-0.39, 0.29) is 24.6 Å². The molecule has 2 aromatic carbocycles. The lowest BCUT2D eigenvalue weighted by Gasteiger charge is -2.45. The maximum atomic E-state index is 13.7. The van der Waals surface area contributed by atoms with E-state index < -0.39 is 27.9 Å². The van der Waals surface area contributed by atoms with E-state index in [1.807, 2.05) is 45.0 Å². The van der Waals surface area contributed by atoms with Gasteiger partial charge in [0.15, 0.2) is 0 Å². The van der Waals surface area contributed by atoms with E-state index in [0.29, 0.717) is 52.5 Å². The van der Waals surface area contributed by atoms with Gasteiger partial charge in [0.2, 0.25) is 0 Å². The summed E-state index contributed by atoms with van der Waals surface area (Å²) < 4.78 is 63.9. The van der Waals surface area contributed by atoms with E-state index in [9.17, 15) is 13.2 Å². The van der Waals surface area contributed by atoms with Crippen LogP contribution in [0.4, 0.5) is 10.5 Å². The van der Waals surface area contributed by atoms with Gasteiger partial charge in [-0.2, -0.15) is 8.42 Å². The molecule has 12 nitrogen and oxygen atoms in total. The highest BCUT2D eigenvalue weighted by Crippen LogP contribution is 2.38. The smallest absolute Gasteiger partial charge is 0.410 e. The predicted molar refractivity (Wildman–Crippen MR) is 191 cm³/mol. The topological polar surface area (TPSA) is 122 Å². The number of anilines is 1. The maximum Gasteiger partial charge on any atom is 0.410 e. The van der Waals surface area contributed by atoms with E-state index >= 15 is 0 Å². The number of amides is 1. The molecule has 0 spiro atoms. The summed E-state index contributed by atoms with van der Waals surface area (Å²) >= 11 is 0. The molecule has 13 heteroatoms. The molecule has 2 aliphatic rings. The minimum Gasteiger partial charge on any atom is -0.490 e. The van der Waals surface area contributed by atoms with Crippen LogP contribution in [0.5, 0.6) is 5.75 Å². The van der Waals surface area contributed by atoms with E-state index in [1.54, 1.807) is 26.0 Å². The molecule has 50 heavy (non-hydrogen) atoms. The molecular weight excluding hydrogens is 664 g/mol. The second-order valence-electron chi connectivity index (χ2n) is 14.1. The van der Waals surface area contributed by atoms with Crippen molar-refractivity contribution in [2.45, 2.75) is 89.9 Å². The van der Waals surface area contributed by atoms with Gasteiger partial charge in [-0.05, 0) is 75.8 Å². The Morgan fingerprint density at radius 3 is 2.40 bits per heavy atom. The first-order valence-corrected chi connectivity index (χ1v) is 19.2. The largest absolute Gasteiger partial charge is 0.490 e. The van der Waals surface area contributed by atoms with E-state index in [2.05, 4.69) is 23.1 Å². The molecule has 0 aliphatic carbocycles. The van der Waals surface area contributed by atoms with Crippen LogP contribution in [0.2, 0.25) is 0 Å². The van der Waals surface area contributed by atoms with Gasteiger partial charge in [-0.15, -0.1) is 0 Å². The zero-order valence-electron chi connectivity index (χ0n) is 30.7. The Labute approximate surface area is 298 Å². The molecular formula is C37H56N2O10S. The predicted octanol–water partition coefficient (Wildman–Crippen LogP) is 5.52. The summed E-state index contributed by atoms with van der Waals surface area (Å²) in [6, 6.07) is 14.0. The van der Waals surface area contributed by atoms with Crippen LogP contribution >= 0.6 is 0 Å². The molecule has 1 saturated heterocycles. The van der Waals surface area contributed by atoms with Gasteiger partial charge in [0.1, 0.15) is 18.0 Å². The lowest BCUT2D eigenvalue weighted by atomic mass is 9.81. The van der Waals surface area contributed by atoms with Crippen LogP contribution in [0.1, 0.15) is 69.6 Å². The molecule has 280 valence electrons. The Hall–Kier alpha value is -2.94. The van der Waals surface area contributed by atoms with Crippen molar-refractivity contribution in [3.05, 3.63) is 59.2 Å². The molecule has 0 bridgehead atoms. The number of benzene rings is 2. The maximum absolute atomic E-state index is 13.7.